The van der Waals surface area contributed by atoms with Crippen LogP contribution in [-0.2, 0) is 4.79 Å². The van der Waals surface area contributed by atoms with Crippen LogP contribution in [0.25, 0.3) is 10.9 Å². The second kappa shape index (κ2) is 4.33. The molecule has 0 saturated heterocycles. The van der Waals surface area contributed by atoms with E-state index < -0.39 is 0 Å². The average Bonchev–Trinajstić information content (AvgIpc) is 2.28. The zero-order chi connectivity index (χ0) is 11.5. The summed E-state index contributed by atoms with van der Waals surface area (Å²) in [5.74, 6) is -0.283. The highest BCUT2D eigenvalue weighted by molar-refractivity contribution is 6.32. The Morgan fingerprint density at radius 1 is 1.50 bits per heavy atom. The van der Waals surface area contributed by atoms with E-state index in [4.69, 9.17) is 11.6 Å². The summed E-state index contributed by atoms with van der Waals surface area (Å²) in [6.07, 6.45) is 2.87. The summed E-state index contributed by atoms with van der Waals surface area (Å²) >= 11 is 5.95. The van der Waals surface area contributed by atoms with E-state index in [1.165, 1.54) is 6.08 Å². The topological polar surface area (TPSA) is 42.0 Å². The number of pyridine rings is 1. The van der Waals surface area contributed by atoms with E-state index in [2.05, 4.69) is 16.9 Å². The van der Waals surface area contributed by atoms with Crippen LogP contribution in [0.2, 0.25) is 5.02 Å². The van der Waals surface area contributed by atoms with Crippen molar-refractivity contribution in [3.63, 3.8) is 0 Å². The van der Waals surface area contributed by atoms with Gasteiger partial charge in [-0.25, -0.2) is 0 Å². The van der Waals surface area contributed by atoms with Gasteiger partial charge in [0, 0.05) is 16.6 Å². The van der Waals surface area contributed by atoms with Crippen LogP contribution in [-0.4, -0.2) is 10.9 Å². The zero-order valence-electron chi connectivity index (χ0n) is 8.40. The van der Waals surface area contributed by atoms with Gasteiger partial charge in [-0.2, -0.15) is 0 Å². The molecule has 1 N–H and O–H groups in total. The molecule has 0 bridgehead atoms. The van der Waals surface area contributed by atoms with E-state index in [9.17, 15) is 4.79 Å². The van der Waals surface area contributed by atoms with E-state index in [-0.39, 0.29) is 5.91 Å². The van der Waals surface area contributed by atoms with E-state index in [1.54, 1.807) is 18.3 Å². The molecule has 0 atom stereocenters. The number of hydrogen-bond donors (Lipinski definition) is 1. The second-order valence-electron chi connectivity index (χ2n) is 3.22. The highest BCUT2D eigenvalue weighted by Gasteiger charge is 2.05. The number of benzene rings is 1. The highest BCUT2D eigenvalue weighted by Crippen LogP contribution is 2.26. The lowest BCUT2D eigenvalue weighted by atomic mass is 10.2. The fraction of sp³-hybridized carbons (Fsp3) is 0. The number of carbonyl (C=O) groups is 1. The van der Waals surface area contributed by atoms with Gasteiger partial charge in [-0.05, 0) is 24.3 Å². The highest BCUT2D eigenvalue weighted by atomic mass is 35.5. The maximum absolute atomic E-state index is 11.2. The molecule has 3 nitrogen and oxygen atoms in total. The summed E-state index contributed by atoms with van der Waals surface area (Å²) in [5, 5.41) is 4.11. The molecule has 0 saturated carbocycles. The van der Waals surface area contributed by atoms with Gasteiger partial charge in [0.2, 0.25) is 5.91 Å². The van der Waals surface area contributed by atoms with Crippen LogP contribution in [0.5, 0.6) is 0 Å². The molecule has 4 heteroatoms. The predicted octanol–water partition coefficient (Wildman–Crippen LogP) is 3.01. The molecule has 1 amide bonds. The van der Waals surface area contributed by atoms with Crippen molar-refractivity contribution >= 4 is 34.1 Å². The van der Waals surface area contributed by atoms with Gasteiger partial charge in [0.15, 0.2) is 0 Å². The number of aromatic nitrogens is 1. The van der Waals surface area contributed by atoms with E-state index in [0.29, 0.717) is 16.2 Å². The first-order valence-electron chi connectivity index (χ1n) is 4.68. The number of amides is 1. The summed E-state index contributed by atoms with van der Waals surface area (Å²) in [4.78, 5) is 15.4. The third-order valence-electron chi connectivity index (χ3n) is 2.11. The first-order chi connectivity index (χ1) is 7.70. The van der Waals surface area contributed by atoms with Gasteiger partial charge in [0.1, 0.15) is 0 Å². The van der Waals surface area contributed by atoms with E-state index >= 15 is 0 Å². The van der Waals surface area contributed by atoms with Crippen LogP contribution in [0.1, 0.15) is 0 Å². The smallest absolute Gasteiger partial charge is 0.247 e. The van der Waals surface area contributed by atoms with Crippen LogP contribution >= 0.6 is 11.6 Å². The predicted molar refractivity (Wildman–Crippen MR) is 65.6 cm³/mol. The minimum atomic E-state index is -0.283. The number of nitrogens with zero attached hydrogens (tertiary/aromatic N) is 1. The van der Waals surface area contributed by atoms with Crippen molar-refractivity contribution in [2.45, 2.75) is 0 Å². The van der Waals surface area contributed by atoms with Crippen molar-refractivity contribution in [1.82, 2.24) is 4.98 Å². The van der Waals surface area contributed by atoms with Crippen molar-refractivity contribution < 1.29 is 4.79 Å². The molecular weight excluding hydrogens is 224 g/mol. The molecule has 16 heavy (non-hydrogen) atoms. The fourth-order valence-electron chi connectivity index (χ4n) is 1.43. The van der Waals surface area contributed by atoms with E-state index in [1.807, 2.05) is 12.1 Å². The Bertz CT molecular complexity index is 566. The average molecular weight is 233 g/mol. The molecular formula is C12H9ClN2O. The summed E-state index contributed by atoms with van der Waals surface area (Å²) in [7, 11) is 0. The van der Waals surface area contributed by atoms with Crippen molar-refractivity contribution in [1.29, 1.82) is 0 Å². The Balaban J connectivity index is 2.58. The standard InChI is InChI=1S/C12H9ClN2O/c1-2-11(16)15-10-7-9(13)6-8-4-3-5-14-12(8)10/h2-7H,1H2,(H,15,16). The molecule has 2 aromatic rings. The van der Waals surface area contributed by atoms with Crippen LogP contribution in [0.15, 0.2) is 43.1 Å². The van der Waals surface area contributed by atoms with Gasteiger partial charge >= 0.3 is 0 Å². The van der Waals surface area contributed by atoms with Gasteiger partial charge < -0.3 is 5.32 Å². The second-order valence-corrected chi connectivity index (χ2v) is 3.66. The Kier molecular flexibility index (Phi) is 2.88. The Labute approximate surface area is 97.8 Å². The van der Waals surface area contributed by atoms with Gasteiger partial charge in [-0.1, -0.05) is 24.2 Å². The number of carbonyl (C=O) groups excluding carboxylic acids is 1. The largest absolute Gasteiger partial charge is 0.321 e. The monoisotopic (exact) mass is 232 g/mol. The maximum Gasteiger partial charge on any atom is 0.247 e. The van der Waals surface area contributed by atoms with Crippen molar-refractivity contribution in [3.05, 3.63) is 48.1 Å². The summed E-state index contributed by atoms with van der Waals surface area (Å²) in [6.45, 7) is 3.39. The number of hydrogen-bond acceptors (Lipinski definition) is 2. The molecule has 1 aromatic carbocycles. The molecule has 0 unspecified atom stereocenters. The van der Waals surface area contributed by atoms with Crippen LogP contribution in [0.4, 0.5) is 5.69 Å². The third-order valence-corrected chi connectivity index (χ3v) is 2.33. The van der Waals surface area contributed by atoms with Gasteiger partial charge in [0.05, 0.1) is 11.2 Å². The number of anilines is 1. The van der Waals surface area contributed by atoms with Crippen molar-refractivity contribution in [3.8, 4) is 0 Å². The molecule has 0 fully saturated rings. The fourth-order valence-corrected chi connectivity index (χ4v) is 1.66. The minimum absolute atomic E-state index is 0.283. The van der Waals surface area contributed by atoms with Crippen molar-refractivity contribution in [2.75, 3.05) is 5.32 Å². The lowest BCUT2D eigenvalue weighted by Crippen LogP contribution is -2.08. The van der Waals surface area contributed by atoms with Gasteiger partial charge in [-0.15, -0.1) is 0 Å². The molecule has 0 aliphatic rings. The minimum Gasteiger partial charge on any atom is -0.321 e. The first kappa shape index (κ1) is 10.6. The normalized spacial score (nSPS) is 10.1. The van der Waals surface area contributed by atoms with Crippen LogP contribution < -0.4 is 5.32 Å². The molecule has 0 spiro atoms. The molecule has 0 aliphatic heterocycles. The maximum atomic E-state index is 11.2. The quantitative estimate of drug-likeness (QED) is 0.809. The lowest BCUT2D eigenvalue weighted by Gasteiger charge is -2.06. The zero-order valence-corrected chi connectivity index (χ0v) is 9.16. The molecule has 1 heterocycles. The summed E-state index contributed by atoms with van der Waals surface area (Å²) in [5.41, 5.74) is 1.30. The molecule has 2 rings (SSSR count). The van der Waals surface area contributed by atoms with Crippen LogP contribution in [0, 0.1) is 0 Å². The number of fused-ring (bicyclic) bond motifs is 1. The first-order valence-corrected chi connectivity index (χ1v) is 5.06. The molecule has 0 aliphatic carbocycles. The Hall–Kier alpha value is -1.87. The summed E-state index contributed by atoms with van der Waals surface area (Å²) in [6, 6.07) is 7.17. The lowest BCUT2D eigenvalue weighted by molar-refractivity contribution is -0.111. The molecule has 0 radical (unpaired) electrons. The number of halogens is 1. The van der Waals surface area contributed by atoms with Crippen molar-refractivity contribution in [2.24, 2.45) is 0 Å². The molecule has 80 valence electrons. The Morgan fingerprint density at radius 3 is 3.06 bits per heavy atom. The Morgan fingerprint density at radius 2 is 2.31 bits per heavy atom. The van der Waals surface area contributed by atoms with Crippen LogP contribution in [0.3, 0.4) is 0 Å². The van der Waals surface area contributed by atoms with Gasteiger partial charge in [0.25, 0.3) is 0 Å². The third kappa shape index (κ3) is 2.04. The number of nitrogens with one attached hydrogen (secondary N) is 1. The number of rotatable bonds is 2. The SMILES string of the molecule is C=CC(=O)Nc1cc(Cl)cc2cccnc12. The van der Waals surface area contributed by atoms with E-state index in [0.717, 1.165) is 5.39 Å². The van der Waals surface area contributed by atoms with Gasteiger partial charge in [-0.3, -0.25) is 9.78 Å². The summed E-state index contributed by atoms with van der Waals surface area (Å²) < 4.78 is 0. The molecule has 1 aromatic heterocycles.